The van der Waals surface area contributed by atoms with Gasteiger partial charge in [0, 0.05) is 7.05 Å². The van der Waals surface area contributed by atoms with Crippen LogP contribution < -0.4 is 10.6 Å². The molecule has 0 saturated carbocycles. The zero-order valence-corrected chi connectivity index (χ0v) is 11.8. The number of benzene rings is 1. The molecular formula is C14H13N7O. The molecule has 0 aliphatic heterocycles. The van der Waals surface area contributed by atoms with Crippen molar-refractivity contribution in [2.45, 2.75) is 0 Å². The smallest absolute Gasteiger partial charge is 0.277 e. The molecule has 2 N–H and O–H groups in total. The van der Waals surface area contributed by atoms with Crippen LogP contribution in [0.15, 0.2) is 48.9 Å². The quantitative estimate of drug-likeness (QED) is 0.754. The summed E-state index contributed by atoms with van der Waals surface area (Å²) < 4.78 is 1.57. The van der Waals surface area contributed by atoms with Gasteiger partial charge in [0.1, 0.15) is 11.5 Å². The van der Waals surface area contributed by atoms with E-state index in [9.17, 15) is 4.79 Å². The van der Waals surface area contributed by atoms with E-state index in [4.69, 9.17) is 0 Å². The van der Waals surface area contributed by atoms with Gasteiger partial charge in [0.15, 0.2) is 5.82 Å². The average molecular weight is 295 g/mol. The Morgan fingerprint density at radius 3 is 2.59 bits per heavy atom. The van der Waals surface area contributed by atoms with Crippen LogP contribution in [0.3, 0.4) is 0 Å². The Labute approximate surface area is 126 Å². The number of aromatic nitrogens is 5. The van der Waals surface area contributed by atoms with Crippen LogP contribution in [-0.4, -0.2) is 37.9 Å². The third kappa shape index (κ3) is 2.90. The number of nitrogens with one attached hydrogen (secondary N) is 2. The molecule has 0 aliphatic carbocycles. The molecule has 8 nitrogen and oxygen atoms in total. The van der Waals surface area contributed by atoms with Crippen LogP contribution in [0.25, 0.3) is 5.69 Å². The first-order valence-electron chi connectivity index (χ1n) is 6.55. The Kier molecular flexibility index (Phi) is 3.73. The largest absolute Gasteiger partial charge is 0.372 e. The lowest BCUT2D eigenvalue weighted by molar-refractivity contribution is 0.102. The van der Waals surface area contributed by atoms with E-state index in [-0.39, 0.29) is 5.69 Å². The van der Waals surface area contributed by atoms with Crippen LogP contribution in [0.4, 0.5) is 11.6 Å². The minimum absolute atomic E-state index is 0.202. The van der Waals surface area contributed by atoms with E-state index in [0.29, 0.717) is 11.6 Å². The van der Waals surface area contributed by atoms with Crippen molar-refractivity contribution >= 4 is 17.5 Å². The number of carbonyl (C=O) groups is 1. The normalized spacial score (nSPS) is 10.2. The Balaban J connectivity index is 1.73. The molecule has 1 amide bonds. The molecule has 8 heteroatoms. The fourth-order valence-corrected chi connectivity index (χ4v) is 1.78. The summed E-state index contributed by atoms with van der Waals surface area (Å²) >= 11 is 0. The predicted molar refractivity (Wildman–Crippen MR) is 80.9 cm³/mol. The van der Waals surface area contributed by atoms with E-state index in [1.165, 1.54) is 12.4 Å². The molecule has 0 radical (unpaired) electrons. The van der Waals surface area contributed by atoms with E-state index in [1.807, 2.05) is 30.3 Å². The number of nitrogens with zero attached hydrogens (tertiary/aromatic N) is 5. The first kappa shape index (κ1) is 13.7. The van der Waals surface area contributed by atoms with Crippen LogP contribution in [-0.2, 0) is 0 Å². The van der Waals surface area contributed by atoms with Crippen LogP contribution in [0.1, 0.15) is 10.5 Å². The summed E-state index contributed by atoms with van der Waals surface area (Å²) in [6, 6.07) is 9.49. The second-order valence-corrected chi connectivity index (χ2v) is 4.37. The molecule has 2 aromatic heterocycles. The van der Waals surface area contributed by atoms with Crippen molar-refractivity contribution in [2.75, 3.05) is 17.7 Å². The number of amides is 1. The lowest BCUT2D eigenvalue weighted by atomic mass is 10.3. The Morgan fingerprint density at radius 1 is 1.09 bits per heavy atom. The lowest BCUT2D eigenvalue weighted by Gasteiger charge is -2.01. The molecule has 0 spiro atoms. The van der Waals surface area contributed by atoms with E-state index in [2.05, 4.69) is 30.9 Å². The maximum atomic E-state index is 12.0. The van der Waals surface area contributed by atoms with Gasteiger partial charge in [0.25, 0.3) is 5.91 Å². The second kappa shape index (κ2) is 6.00. The van der Waals surface area contributed by atoms with Gasteiger partial charge in [-0.05, 0) is 12.1 Å². The minimum Gasteiger partial charge on any atom is -0.372 e. The highest BCUT2D eigenvalue weighted by atomic mass is 16.2. The third-order valence-corrected chi connectivity index (χ3v) is 2.90. The highest BCUT2D eigenvalue weighted by molar-refractivity contribution is 6.02. The van der Waals surface area contributed by atoms with Crippen molar-refractivity contribution in [3.8, 4) is 5.69 Å². The molecule has 1 aromatic carbocycles. The molecule has 0 saturated heterocycles. The minimum atomic E-state index is -0.393. The van der Waals surface area contributed by atoms with Gasteiger partial charge < -0.3 is 10.6 Å². The molecular weight excluding hydrogens is 282 g/mol. The topological polar surface area (TPSA) is 97.6 Å². The molecule has 3 rings (SSSR count). The van der Waals surface area contributed by atoms with Crippen molar-refractivity contribution in [1.82, 2.24) is 25.0 Å². The van der Waals surface area contributed by atoms with Crippen LogP contribution >= 0.6 is 0 Å². The molecule has 0 atom stereocenters. The predicted octanol–water partition coefficient (Wildman–Crippen LogP) is 1.35. The van der Waals surface area contributed by atoms with Crippen LogP contribution in [0, 0.1) is 0 Å². The first-order valence-corrected chi connectivity index (χ1v) is 6.55. The van der Waals surface area contributed by atoms with E-state index in [1.54, 1.807) is 17.9 Å². The van der Waals surface area contributed by atoms with Gasteiger partial charge in [-0.15, -0.1) is 5.10 Å². The van der Waals surface area contributed by atoms with Gasteiger partial charge >= 0.3 is 0 Å². The number of para-hydroxylation sites is 1. The summed E-state index contributed by atoms with van der Waals surface area (Å²) in [5.41, 5.74) is 1.06. The average Bonchev–Trinajstić information content (AvgIpc) is 3.04. The van der Waals surface area contributed by atoms with Gasteiger partial charge in [-0.1, -0.05) is 23.4 Å². The van der Waals surface area contributed by atoms with Gasteiger partial charge in [0.2, 0.25) is 0 Å². The molecule has 110 valence electrons. The van der Waals surface area contributed by atoms with Gasteiger partial charge in [-0.2, -0.15) is 0 Å². The maximum absolute atomic E-state index is 12.0. The zero-order valence-electron chi connectivity index (χ0n) is 11.8. The zero-order chi connectivity index (χ0) is 15.4. The Morgan fingerprint density at radius 2 is 1.91 bits per heavy atom. The Hall–Kier alpha value is -3.29. The maximum Gasteiger partial charge on any atom is 0.277 e. The number of carbonyl (C=O) groups excluding carboxylic acids is 1. The number of hydrogen-bond acceptors (Lipinski definition) is 6. The molecule has 0 fully saturated rings. The summed E-state index contributed by atoms with van der Waals surface area (Å²) in [6.07, 6.45) is 4.50. The highest BCUT2D eigenvalue weighted by Gasteiger charge is 2.11. The first-order chi connectivity index (χ1) is 10.8. The van der Waals surface area contributed by atoms with Crippen molar-refractivity contribution in [1.29, 1.82) is 0 Å². The number of hydrogen-bond donors (Lipinski definition) is 2. The van der Waals surface area contributed by atoms with E-state index >= 15 is 0 Å². The molecule has 2 heterocycles. The van der Waals surface area contributed by atoms with E-state index < -0.39 is 5.91 Å². The summed E-state index contributed by atoms with van der Waals surface area (Å²) in [5, 5.41) is 13.3. The Bertz CT molecular complexity index is 767. The fourth-order valence-electron chi connectivity index (χ4n) is 1.78. The standard InChI is InChI=1S/C14H13N7O/c1-15-12-8-16-11(7-17-12)14(22)18-13-9-21(20-19-13)10-5-3-2-4-6-10/h2-9H,1H3,(H,15,17)(H,18,22). The molecule has 0 bridgehead atoms. The van der Waals surface area contributed by atoms with Crippen molar-refractivity contribution in [3.63, 3.8) is 0 Å². The van der Waals surface area contributed by atoms with Gasteiger partial charge in [-0.3, -0.25) is 4.79 Å². The summed E-state index contributed by atoms with van der Waals surface area (Å²) in [7, 11) is 1.73. The SMILES string of the molecule is CNc1cnc(C(=O)Nc2cn(-c3ccccc3)nn2)cn1. The van der Waals surface area contributed by atoms with E-state index in [0.717, 1.165) is 5.69 Å². The lowest BCUT2D eigenvalue weighted by Crippen LogP contribution is -2.14. The monoisotopic (exact) mass is 295 g/mol. The molecule has 22 heavy (non-hydrogen) atoms. The molecule has 0 aliphatic rings. The highest BCUT2D eigenvalue weighted by Crippen LogP contribution is 2.09. The second-order valence-electron chi connectivity index (χ2n) is 4.37. The van der Waals surface area contributed by atoms with Crippen molar-refractivity contribution in [3.05, 3.63) is 54.6 Å². The number of anilines is 2. The summed E-state index contributed by atoms with van der Waals surface area (Å²) in [4.78, 5) is 20.1. The fraction of sp³-hybridized carbons (Fsp3) is 0.0714. The third-order valence-electron chi connectivity index (χ3n) is 2.90. The van der Waals surface area contributed by atoms with Crippen molar-refractivity contribution < 1.29 is 4.79 Å². The van der Waals surface area contributed by atoms with Crippen LogP contribution in [0.2, 0.25) is 0 Å². The van der Waals surface area contributed by atoms with Gasteiger partial charge in [-0.25, -0.2) is 14.6 Å². The van der Waals surface area contributed by atoms with Crippen LogP contribution in [0.5, 0.6) is 0 Å². The molecule has 0 unspecified atom stereocenters. The van der Waals surface area contributed by atoms with Gasteiger partial charge in [0.05, 0.1) is 24.3 Å². The number of rotatable bonds is 4. The summed E-state index contributed by atoms with van der Waals surface area (Å²) in [5.74, 6) is 0.537. The summed E-state index contributed by atoms with van der Waals surface area (Å²) in [6.45, 7) is 0. The molecule has 3 aromatic rings. The van der Waals surface area contributed by atoms with Crippen molar-refractivity contribution in [2.24, 2.45) is 0 Å².